The standard InChI is InChI=1S/C8H17F2OP/c1-3-5-6-8(4-2)7-11-12(9)10/h8H,3-7H2,1-2H3. The second-order valence-corrected chi connectivity index (χ2v) is 3.58. The molecule has 0 saturated heterocycles. The van der Waals surface area contributed by atoms with Gasteiger partial charge in [0.1, 0.15) is 0 Å². The van der Waals surface area contributed by atoms with E-state index in [1.165, 1.54) is 0 Å². The van der Waals surface area contributed by atoms with Crippen LogP contribution in [-0.4, -0.2) is 6.61 Å². The Labute approximate surface area is 74.6 Å². The van der Waals surface area contributed by atoms with Crippen LogP contribution in [0.15, 0.2) is 0 Å². The molecule has 4 heteroatoms. The van der Waals surface area contributed by atoms with Crippen molar-refractivity contribution in [1.29, 1.82) is 0 Å². The van der Waals surface area contributed by atoms with Crippen molar-refractivity contribution in [1.82, 2.24) is 0 Å². The molecule has 0 N–H and O–H groups in total. The van der Waals surface area contributed by atoms with Crippen LogP contribution in [0.3, 0.4) is 0 Å². The predicted octanol–water partition coefficient (Wildman–Crippen LogP) is 4.39. The van der Waals surface area contributed by atoms with Gasteiger partial charge in [-0.15, -0.1) is 0 Å². The number of hydrogen-bond acceptors (Lipinski definition) is 1. The van der Waals surface area contributed by atoms with E-state index in [-0.39, 0.29) is 6.61 Å². The highest BCUT2D eigenvalue weighted by atomic mass is 31.2. The Kier molecular flexibility index (Phi) is 8.04. The third-order valence-electron chi connectivity index (χ3n) is 1.95. The van der Waals surface area contributed by atoms with Crippen LogP contribution >= 0.6 is 8.77 Å². The Morgan fingerprint density at radius 3 is 2.42 bits per heavy atom. The first-order valence-corrected chi connectivity index (χ1v) is 5.49. The maximum absolute atomic E-state index is 11.7. The topological polar surface area (TPSA) is 9.23 Å². The molecule has 0 aromatic carbocycles. The molecule has 0 amide bonds. The van der Waals surface area contributed by atoms with Crippen LogP contribution in [0.5, 0.6) is 0 Å². The van der Waals surface area contributed by atoms with Gasteiger partial charge in [-0.1, -0.05) is 33.1 Å². The third-order valence-corrected chi connectivity index (χ3v) is 2.30. The summed E-state index contributed by atoms with van der Waals surface area (Å²) in [5, 5.41) is 0. The van der Waals surface area contributed by atoms with Crippen molar-refractivity contribution in [3.05, 3.63) is 0 Å². The largest absolute Gasteiger partial charge is 0.415 e. The van der Waals surface area contributed by atoms with Crippen molar-refractivity contribution in [3.8, 4) is 0 Å². The van der Waals surface area contributed by atoms with Crippen LogP contribution < -0.4 is 0 Å². The van der Waals surface area contributed by atoms with Gasteiger partial charge in [0, 0.05) is 0 Å². The van der Waals surface area contributed by atoms with Gasteiger partial charge in [-0.3, -0.25) is 0 Å². The zero-order valence-electron chi connectivity index (χ0n) is 7.72. The van der Waals surface area contributed by atoms with E-state index >= 15 is 0 Å². The highest BCUT2D eigenvalue weighted by Gasteiger charge is 2.10. The average molecular weight is 198 g/mol. The molecule has 0 aromatic rings. The molecule has 1 atom stereocenters. The Morgan fingerprint density at radius 2 is 2.00 bits per heavy atom. The fourth-order valence-electron chi connectivity index (χ4n) is 1.06. The van der Waals surface area contributed by atoms with E-state index in [4.69, 9.17) is 0 Å². The van der Waals surface area contributed by atoms with E-state index in [9.17, 15) is 8.39 Å². The van der Waals surface area contributed by atoms with Crippen molar-refractivity contribution in [2.75, 3.05) is 6.61 Å². The lowest BCUT2D eigenvalue weighted by molar-refractivity contribution is 0.230. The molecule has 12 heavy (non-hydrogen) atoms. The number of unbranched alkanes of at least 4 members (excludes halogenated alkanes) is 1. The van der Waals surface area contributed by atoms with Crippen LogP contribution in [0.2, 0.25) is 0 Å². The van der Waals surface area contributed by atoms with Crippen molar-refractivity contribution in [3.63, 3.8) is 0 Å². The quantitative estimate of drug-likeness (QED) is 0.551. The van der Waals surface area contributed by atoms with Crippen molar-refractivity contribution >= 4 is 8.77 Å². The molecule has 0 aromatic heterocycles. The summed E-state index contributed by atoms with van der Waals surface area (Å²) in [5.74, 6) is 0.321. The third kappa shape index (κ3) is 6.93. The Hall–Kier alpha value is 0.250. The van der Waals surface area contributed by atoms with E-state index in [1.807, 2.05) is 6.92 Å². The first-order chi connectivity index (χ1) is 5.70. The predicted molar refractivity (Wildman–Crippen MR) is 48.4 cm³/mol. The normalized spacial score (nSPS) is 13.8. The van der Waals surface area contributed by atoms with Gasteiger partial charge in [0.2, 0.25) is 0 Å². The molecular weight excluding hydrogens is 181 g/mol. The number of rotatable bonds is 7. The van der Waals surface area contributed by atoms with Gasteiger partial charge < -0.3 is 4.52 Å². The van der Waals surface area contributed by atoms with Crippen LogP contribution in [0, 0.1) is 5.92 Å². The maximum atomic E-state index is 11.7. The van der Waals surface area contributed by atoms with Crippen molar-refractivity contribution in [2.24, 2.45) is 5.92 Å². The lowest BCUT2D eigenvalue weighted by atomic mass is 10.0. The Bertz CT molecular complexity index is 101. The summed E-state index contributed by atoms with van der Waals surface area (Å²) in [5.41, 5.74) is 0. The van der Waals surface area contributed by atoms with E-state index in [1.54, 1.807) is 0 Å². The first-order valence-electron chi connectivity index (χ1n) is 4.45. The molecule has 0 saturated carbocycles. The van der Waals surface area contributed by atoms with Gasteiger partial charge in [0.15, 0.2) is 0 Å². The zero-order chi connectivity index (χ0) is 9.40. The van der Waals surface area contributed by atoms with Gasteiger partial charge in [-0.2, -0.15) is 8.39 Å². The van der Waals surface area contributed by atoms with E-state index in [0.717, 1.165) is 25.7 Å². The first kappa shape index (κ1) is 12.2. The maximum Gasteiger partial charge on any atom is 0.415 e. The highest BCUT2D eigenvalue weighted by Crippen LogP contribution is 2.40. The van der Waals surface area contributed by atoms with Crippen LogP contribution in [-0.2, 0) is 4.52 Å². The van der Waals surface area contributed by atoms with Crippen LogP contribution in [0.25, 0.3) is 0 Å². The summed E-state index contributed by atoms with van der Waals surface area (Å²) < 4.78 is 27.7. The smallest absolute Gasteiger partial charge is 0.305 e. The minimum atomic E-state index is -3.15. The lowest BCUT2D eigenvalue weighted by Gasteiger charge is -2.12. The Morgan fingerprint density at radius 1 is 1.33 bits per heavy atom. The van der Waals surface area contributed by atoms with E-state index in [0.29, 0.717) is 5.92 Å². The zero-order valence-corrected chi connectivity index (χ0v) is 8.62. The van der Waals surface area contributed by atoms with Gasteiger partial charge in [-0.25, -0.2) is 0 Å². The summed E-state index contributed by atoms with van der Waals surface area (Å²) in [6.07, 6.45) is 4.17. The number of halogens is 2. The molecule has 74 valence electrons. The Balaban J connectivity index is 3.39. The molecular formula is C8H17F2OP. The molecule has 0 aliphatic carbocycles. The van der Waals surface area contributed by atoms with Crippen molar-refractivity contribution in [2.45, 2.75) is 39.5 Å². The van der Waals surface area contributed by atoms with Gasteiger partial charge in [-0.05, 0) is 12.3 Å². The number of hydrogen-bond donors (Lipinski definition) is 0. The molecule has 1 unspecified atom stereocenters. The fraction of sp³-hybridized carbons (Fsp3) is 1.00. The molecule has 0 fully saturated rings. The molecule has 0 radical (unpaired) electrons. The average Bonchev–Trinajstić information content (AvgIpc) is 2.05. The minimum Gasteiger partial charge on any atom is -0.305 e. The highest BCUT2D eigenvalue weighted by molar-refractivity contribution is 7.40. The minimum absolute atomic E-state index is 0.231. The molecule has 0 bridgehead atoms. The summed E-state index contributed by atoms with van der Waals surface area (Å²) in [7, 11) is -3.15. The second-order valence-electron chi connectivity index (χ2n) is 2.91. The van der Waals surface area contributed by atoms with Crippen LogP contribution in [0.4, 0.5) is 8.39 Å². The van der Waals surface area contributed by atoms with Crippen LogP contribution in [0.1, 0.15) is 39.5 Å². The lowest BCUT2D eigenvalue weighted by Crippen LogP contribution is -2.05. The summed E-state index contributed by atoms with van der Waals surface area (Å²) in [6, 6.07) is 0. The SMILES string of the molecule is CCCCC(CC)COP(F)F. The van der Waals surface area contributed by atoms with E-state index in [2.05, 4.69) is 11.4 Å². The van der Waals surface area contributed by atoms with Gasteiger partial charge >= 0.3 is 8.77 Å². The molecule has 0 spiro atoms. The van der Waals surface area contributed by atoms with Gasteiger partial charge in [0.25, 0.3) is 0 Å². The van der Waals surface area contributed by atoms with E-state index < -0.39 is 8.77 Å². The van der Waals surface area contributed by atoms with Crippen molar-refractivity contribution < 1.29 is 12.9 Å². The fourth-order valence-corrected chi connectivity index (χ4v) is 1.38. The molecule has 0 heterocycles. The summed E-state index contributed by atoms with van der Waals surface area (Å²) >= 11 is 0. The van der Waals surface area contributed by atoms with Gasteiger partial charge in [0.05, 0.1) is 6.61 Å². The second kappa shape index (κ2) is 7.88. The summed E-state index contributed by atoms with van der Waals surface area (Å²) in [4.78, 5) is 0. The molecule has 1 nitrogen and oxygen atoms in total. The molecule has 0 rings (SSSR count). The summed E-state index contributed by atoms with van der Waals surface area (Å²) in [6.45, 7) is 4.35. The monoisotopic (exact) mass is 198 g/mol. The molecule has 0 aliphatic heterocycles. The molecule has 0 aliphatic rings.